The number of rotatable bonds is 6. The molecule has 0 saturated heterocycles. The summed E-state index contributed by atoms with van der Waals surface area (Å²) in [5, 5.41) is 5.34. The Balaban J connectivity index is 1.40. The van der Waals surface area contributed by atoms with Gasteiger partial charge >= 0.3 is 5.97 Å². The van der Waals surface area contributed by atoms with Crippen LogP contribution in [-0.2, 0) is 0 Å². The summed E-state index contributed by atoms with van der Waals surface area (Å²) in [6.07, 6.45) is 1.42. The van der Waals surface area contributed by atoms with E-state index in [0.29, 0.717) is 16.3 Å². The number of H-pyrrole nitrogens is 1. The second-order valence-electron chi connectivity index (χ2n) is 8.01. The van der Waals surface area contributed by atoms with Crippen LogP contribution in [0.3, 0.4) is 0 Å². The van der Waals surface area contributed by atoms with Crippen molar-refractivity contribution in [2.24, 2.45) is 5.10 Å². The summed E-state index contributed by atoms with van der Waals surface area (Å²) < 4.78 is 6.39. The van der Waals surface area contributed by atoms with E-state index in [-0.39, 0.29) is 11.3 Å². The van der Waals surface area contributed by atoms with Crippen LogP contribution < -0.4 is 10.2 Å². The van der Waals surface area contributed by atoms with Crippen LogP contribution in [-0.4, -0.2) is 23.1 Å². The third-order valence-electron chi connectivity index (χ3n) is 5.66. The number of aromatic nitrogens is 1. The van der Waals surface area contributed by atoms with E-state index in [1.807, 2.05) is 48.5 Å². The largest absolute Gasteiger partial charge is 0.422 e. The molecule has 182 valence electrons. The highest BCUT2D eigenvalue weighted by molar-refractivity contribution is 9.10. The molecule has 5 aromatic rings. The number of amides is 1. The molecule has 0 aliphatic heterocycles. The van der Waals surface area contributed by atoms with Crippen LogP contribution in [0.5, 0.6) is 5.75 Å². The van der Waals surface area contributed by atoms with Gasteiger partial charge in [0.15, 0.2) is 0 Å². The second-order valence-corrected chi connectivity index (χ2v) is 9.27. The first-order valence-corrected chi connectivity index (χ1v) is 12.4. The van der Waals surface area contributed by atoms with Gasteiger partial charge in [-0.1, -0.05) is 78.3 Å². The number of benzene rings is 4. The number of nitrogens with one attached hydrogen (secondary N) is 2. The van der Waals surface area contributed by atoms with Crippen LogP contribution in [0.15, 0.2) is 107 Å². The lowest BCUT2D eigenvalue weighted by atomic mass is 10.0. The molecule has 0 unspecified atom stereocenters. The van der Waals surface area contributed by atoms with Gasteiger partial charge < -0.3 is 9.72 Å². The maximum Gasteiger partial charge on any atom is 0.345 e. The molecular weight excluding hydrogens is 554 g/mol. The molecule has 37 heavy (non-hydrogen) atoms. The van der Waals surface area contributed by atoms with E-state index in [4.69, 9.17) is 16.3 Å². The van der Waals surface area contributed by atoms with Crippen molar-refractivity contribution in [1.29, 1.82) is 0 Å². The predicted molar refractivity (Wildman–Crippen MR) is 149 cm³/mol. The quantitative estimate of drug-likeness (QED) is 0.0974. The zero-order chi connectivity index (χ0) is 25.8. The van der Waals surface area contributed by atoms with Crippen molar-refractivity contribution in [3.63, 3.8) is 0 Å². The van der Waals surface area contributed by atoms with E-state index in [0.717, 1.165) is 26.5 Å². The second kappa shape index (κ2) is 10.8. The fourth-order valence-electron chi connectivity index (χ4n) is 3.93. The number of esters is 1. The Kier molecular flexibility index (Phi) is 7.16. The lowest BCUT2D eigenvalue weighted by Gasteiger charge is -2.08. The summed E-state index contributed by atoms with van der Waals surface area (Å²) in [6, 6.07) is 29.0. The summed E-state index contributed by atoms with van der Waals surface area (Å²) in [5.41, 5.74) is 6.21. The Morgan fingerprint density at radius 1 is 0.892 bits per heavy atom. The zero-order valence-electron chi connectivity index (χ0n) is 19.2. The van der Waals surface area contributed by atoms with Gasteiger partial charge in [0, 0.05) is 21.0 Å². The molecule has 1 aromatic heterocycles. The first-order valence-electron chi connectivity index (χ1n) is 11.3. The molecule has 0 radical (unpaired) electrons. The molecule has 8 heteroatoms. The third kappa shape index (κ3) is 5.18. The summed E-state index contributed by atoms with van der Waals surface area (Å²) in [5.74, 6) is -0.722. The van der Waals surface area contributed by atoms with Crippen molar-refractivity contribution >= 4 is 56.5 Å². The molecule has 0 aliphatic carbocycles. The molecule has 2 N–H and O–H groups in total. The predicted octanol–water partition coefficient (Wildman–Crippen LogP) is 7.23. The number of hydrogen-bond donors (Lipinski definition) is 2. The highest BCUT2D eigenvalue weighted by Crippen LogP contribution is 2.35. The molecule has 0 saturated carbocycles. The maximum absolute atomic E-state index is 13.2. The number of carbonyl (C=O) groups excluding carboxylic acids is 2. The van der Waals surface area contributed by atoms with Crippen LogP contribution in [0.4, 0.5) is 0 Å². The van der Waals surface area contributed by atoms with Crippen LogP contribution in [0.1, 0.15) is 26.4 Å². The van der Waals surface area contributed by atoms with Crippen molar-refractivity contribution in [3.05, 3.63) is 123 Å². The Hall–Kier alpha value is -4.20. The van der Waals surface area contributed by atoms with Crippen molar-refractivity contribution in [2.45, 2.75) is 0 Å². The minimum absolute atomic E-state index is 0.252. The Morgan fingerprint density at radius 3 is 2.43 bits per heavy atom. The summed E-state index contributed by atoms with van der Waals surface area (Å²) in [6.45, 7) is 0. The highest BCUT2D eigenvalue weighted by Gasteiger charge is 2.20. The van der Waals surface area contributed by atoms with Crippen LogP contribution in [0.2, 0.25) is 5.02 Å². The molecular formula is C29H19BrClN3O3. The summed E-state index contributed by atoms with van der Waals surface area (Å²) in [4.78, 5) is 29.1. The average molecular weight is 573 g/mol. The number of nitrogens with zero attached hydrogens (tertiary/aromatic N) is 1. The van der Waals surface area contributed by atoms with E-state index in [1.54, 1.807) is 48.5 Å². The fraction of sp³-hybridized carbons (Fsp3) is 0. The van der Waals surface area contributed by atoms with Crippen molar-refractivity contribution in [2.75, 3.05) is 0 Å². The number of para-hydroxylation sites is 2. The number of aromatic amines is 1. The smallest absolute Gasteiger partial charge is 0.345 e. The molecule has 0 bridgehead atoms. The van der Waals surface area contributed by atoms with E-state index >= 15 is 0 Å². The van der Waals surface area contributed by atoms with Gasteiger partial charge in [0.1, 0.15) is 11.4 Å². The van der Waals surface area contributed by atoms with Gasteiger partial charge in [0.2, 0.25) is 0 Å². The molecule has 5 rings (SSSR count). The molecule has 0 fully saturated rings. The van der Waals surface area contributed by atoms with Gasteiger partial charge in [-0.15, -0.1) is 0 Å². The molecule has 4 aromatic carbocycles. The molecule has 0 atom stereocenters. The normalized spacial score (nSPS) is 11.1. The monoisotopic (exact) mass is 571 g/mol. The molecule has 1 heterocycles. The van der Waals surface area contributed by atoms with Crippen LogP contribution >= 0.6 is 27.5 Å². The highest BCUT2D eigenvalue weighted by atomic mass is 79.9. The zero-order valence-corrected chi connectivity index (χ0v) is 21.6. The third-order valence-corrected chi connectivity index (χ3v) is 6.65. The Morgan fingerprint density at radius 2 is 1.62 bits per heavy atom. The molecule has 0 aliphatic rings. The number of hydrogen-bond acceptors (Lipinski definition) is 4. The number of ether oxygens (including phenoxy) is 1. The van der Waals surface area contributed by atoms with Gasteiger partial charge in [-0.2, -0.15) is 5.10 Å². The maximum atomic E-state index is 13.2. The number of fused-ring (bicyclic) bond motifs is 1. The molecule has 0 spiro atoms. The minimum atomic E-state index is -0.591. The first kappa shape index (κ1) is 24.5. The summed E-state index contributed by atoms with van der Waals surface area (Å²) in [7, 11) is 0. The van der Waals surface area contributed by atoms with Gasteiger partial charge in [-0.25, -0.2) is 10.2 Å². The number of halogens is 2. The average Bonchev–Trinajstić information content (AvgIpc) is 3.31. The lowest BCUT2D eigenvalue weighted by molar-refractivity contribution is 0.0734. The minimum Gasteiger partial charge on any atom is -0.422 e. The van der Waals surface area contributed by atoms with Crippen molar-refractivity contribution in [3.8, 4) is 16.9 Å². The van der Waals surface area contributed by atoms with Gasteiger partial charge in [-0.3, -0.25) is 4.79 Å². The van der Waals surface area contributed by atoms with E-state index in [2.05, 4.69) is 31.4 Å². The van der Waals surface area contributed by atoms with E-state index in [9.17, 15) is 9.59 Å². The van der Waals surface area contributed by atoms with E-state index < -0.39 is 11.9 Å². The summed E-state index contributed by atoms with van der Waals surface area (Å²) >= 11 is 9.67. The van der Waals surface area contributed by atoms with Crippen molar-refractivity contribution in [1.82, 2.24) is 10.4 Å². The standard InChI is InChI=1S/C29H19BrClN3O3/c30-22-14-8-13-21-25(18-9-2-1-3-10-18)27(33-26(21)22)28(35)34-32-17-19-11-4-7-16-24(19)37-29(36)20-12-5-6-15-23(20)31/h1-17,33H,(H,34,35). The van der Waals surface area contributed by atoms with Crippen molar-refractivity contribution < 1.29 is 14.3 Å². The lowest BCUT2D eigenvalue weighted by Crippen LogP contribution is -2.19. The van der Waals surface area contributed by atoms with Crippen LogP contribution in [0, 0.1) is 0 Å². The van der Waals surface area contributed by atoms with Gasteiger partial charge in [-0.05, 0) is 51.8 Å². The van der Waals surface area contributed by atoms with Crippen LogP contribution in [0.25, 0.3) is 22.0 Å². The SMILES string of the molecule is O=C(Oc1ccccc1C=NNC(=O)c1[nH]c2c(Br)cccc2c1-c1ccccc1)c1ccccc1Cl. The first-order chi connectivity index (χ1) is 18.0. The fourth-order valence-corrected chi connectivity index (χ4v) is 4.61. The molecule has 6 nitrogen and oxygen atoms in total. The number of carbonyl (C=O) groups is 2. The topological polar surface area (TPSA) is 83.5 Å². The van der Waals surface area contributed by atoms with Gasteiger partial charge in [0.05, 0.1) is 22.3 Å². The van der Waals surface area contributed by atoms with Gasteiger partial charge in [0.25, 0.3) is 5.91 Å². The Bertz CT molecular complexity index is 1650. The molecule has 1 amide bonds. The number of hydrazone groups is 1. The Labute approximate surface area is 226 Å². The van der Waals surface area contributed by atoms with E-state index in [1.165, 1.54) is 6.21 Å².